The molecule has 1 unspecified atom stereocenters. The van der Waals surface area contributed by atoms with E-state index in [9.17, 15) is 18.7 Å². The van der Waals surface area contributed by atoms with Gasteiger partial charge < -0.3 is 24.0 Å². The lowest BCUT2D eigenvalue weighted by Crippen LogP contribution is -2.30. The Labute approximate surface area is 224 Å². The molecule has 0 aliphatic carbocycles. The van der Waals surface area contributed by atoms with E-state index in [2.05, 4.69) is 9.97 Å². The summed E-state index contributed by atoms with van der Waals surface area (Å²) in [7, 11) is 0. The maximum atomic E-state index is 16.6. The van der Waals surface area contributed by atoms with E-state index in [0.29, 0.717) is 28.3 Å². The Kier molecular flexibility index (Phi) is 4.37. The third-order valence-corrected chi connectivity index (χ3v) is 7.77. The molecule has 4 aromatic rings. The van der Waals surface area contributed by atoms with Crippen molar-refractivity contribution in [3.8, 4) is 22.6 Å². The standard InChI is InChI=1S/C28H23F3N4O4/c1-28(37)8-9-38-20-10-13(12-32-24(20)28)14-6-7-16-23(22(14)29)35-17-11-18(25(35)33-16)34(2)26(36)15-4-3-5-19(21(15)17)39-27(30)31/h3-7,10,12,17-18,27,37H,8-9,11H2,1-2H3/t17-,18-,28?/m1/s1/i2D3. The molecule has 0 radical (unpaired) electrons. The van der Waals surface area contributed by atoms with E-state index >= 15 is 4.39 Å². The molecule has 7 rings (SSSR count). The van der Waals surface area contributed by atoms with Gasteiger partial charge in [-0.1, -0.05) is 6.07 Å². The summed E-state index contributed by atoms with van der Waals surface area (Å²) >= 11 is 0. The Bertz CT molecular complexity index is 1790. The molecule has 0 saturated carbocycles. The van der Waals surface area contributed by atoms with Gasteiger partial charge in [0.25, 0.3) is 5.91 Å². The van der Waals surface area contributed by atoms with Crippen molar-refractivity contribution in [3.05, 3.63) is 71.1 Å². The number of nitrogens with zero attached hydrogens (tertiary/aromatic N) is 4. The summed E-state index contributed by atoms with van der Waals surface area (Å²) < 4.78 is 79.7. The molecule has 200 valence electrons. The molecule has 3 aliphatic heterocycles. The zero-order valence-corrected chi connectivity index (χ0v) is 20.5. The van der Waals surface area contributed by atoms with Crippen molar-refractivity contribution >= 4 is 16.9 Å². The van der Waals surface area contributed by atoms with Gasteiger partial charge in [0.05, 0.1) is 24.2 Å². The van der Waals surface area contributed by atoms with E-state index in [0.717, 1.165) is 0 Å². The number of carbonyl (C=O) groups is 1. The highest BCUT2D eigenvalue weighted by molar-refractivity contribution is 5.98. The second kappa shape index (κ2) is 8.19. The van der Waals surface area contributed by atoms with Crippen LogP contribution in [-0.4, -0.2) is 50.6 Å². The van der Waals surface area contributed by atoms with Crippen LogP contribution >= 0.6 is 0 Å². The zero-order valence-electron chi connectivity index (χ0n) is 23.5. The lowest BCUT2D eigenvalue weighted by atomic mass is 9.93. The molecular weight excluding hydrogens is 513 g/mol. The van der Waals surface area contributed by atoms with E-state index < -0.39 is 43.0 Å². The highest BCUT2D eigenvalue weighted by Gasteiger charge is 2.45. The molecule has 0 saturated heterocycles. The molecule has 39 heavy (non-hydrogen) atoms. The second-order valence-electron chi connectivity index (χ2n) is 10.1. The zero-order chi connectivity index (χ0) is 29.7. The summed E-state index contributed by atoms with van der Waals surface area (Å²) in [5.41, 5.74) is -0.244. The molecular formula is C28H23F3N4O4. The molecule has 11 heteroatoms. The van der Waals surface area contributed by atoms with Gasteiger partial charge in [-0.05, 0) is 37.3 Å². The monoisotopic (exact) mass is 539 g/mol. The first kappa shape index (κ1) is 20.8. The summed E-state index contributed by atoms with van der Waals surface area (Å²) in [5, 5.41) is 10.7. The number of hydrogen-bond acceptors (Lipinski definition) is 6. The first-order valence-corrected chi connectivity index (χ1v) is 12.3. The Balaban J connectivity index is 1.46. The minimum absolute atomic E-state index is 0.0123. The van der Waals surface area contributed by atoms with E-state index in [4.69, 9.17) is 13.6 Å². The second-order valence-corrected chi connectivity index (χ2v) is 10.1. The molecule has 5 heterocycles. The van der Waals surface area contributed by atoms with Crippen LogP contribution < -0.4 is 9.47 Å². The van der Waals surface area contributed by atoms with Gasteiger partial charge in [-0.25, -0.2) is 9.37 Å². The minimum atomic E-state index is -3.22. The molecule has 2 bridgehead atoms. The normalized spacial score (nSPS) is 24.8. The van der Waals surface area contributed by atoms with Crippen LogP contribution in [0.2, 0.25) is 0 Å². The number of rotatable bonds is 3. The number of carbonyl (C=O) groups excluding carboxylic acids is 1. The van der Waals surface area contributed by atoms with Gasteiger partial charge in [0.15, 0.2) is 5.82 Å². The predicted molar refractivity (Wildman–Crippen MR) is 133 cm³/mol. The van der Waals surface area contributed by atoms with Gasteiger partial charge in [0.1, 0.15) is 34.1 Å². The number of halogens is 3. The van der Waals surface area contributed by atoms with Gasteiger partial charge in [-0.2, -0.15) is 8.78 Å². The van der Waals surface area contributed by atoms with Gasteiger partial charge in [0.2, 0.25) is 0 Å². The number of aromatic nitrogens is 3. The molecule has 1 N–H and O–H groups in total. The van der Waals surface area contributed by atoms with Crippen LogP contribution in [0.15, 0.2) is 42.6 Å². The van der Waals surface area contributed by atoms with Crippen LogP contribution in [0.4, 0.5) is 13.2 Å². The number of alkyl halides is 2. The van der Waals surface area contributed by atoms with E-state index in [1.54, 1.807) is 19.1 Å². The average Bonchev–Trinajstić information content (AvgIpc) is 3.41. The van der Waals surface area contributed by atoms with Gasteiger partial charge >= 0.3 is 6.61 Å². The lowest BCUT2D eigenvalue weighted by molar-refractivity contribution is -0.0507. The molecule has 2 aromatic heterocycles. The first-order chi connectivity index (χ1) is 19.9. The number of ether oxygens (including phenoxy) is 2. The molecule has 2 aromatic carbocycles. The molecule has 8 nitrogen and oxygen atoms in total. The Morgan fingerprint density at radius 2 is 2.10 bits per heavy atom. The Hall–Kier alpha value is -4.12. The highest BCUT2D eigenvalue weighted by atomic mass is 19.3. The van der Waals surface area contributed by atoms with Crippen LogP contribution in [0.3, 0.4) is 0 Å². The van der Waals surface area contributed by atoms with E-state index in [1.165, 1.54) is 35.0 Å². The quantitative estimate of drug-likeness (QED) is 0.397. The van der Waals surface area contributed by atoms with Crippen molar-refractivity contribution in [1.29, 1.82) is 0 Å². The average molecular weight is 540 g/mol. The van der Waals surface area contributed by atoms with Gasteiger partial charge in [0, 0.05) is 52.4 Å². The summed E-state index contributed by atoms with van der Waals surface area (Å²) in [4.78, 5) is 23.2. The molecule has 0 spiro atoms. The summed E-state index contributed by atoms with van der Waals surface area (Å²) in [6.45, 7) is -4.23. The highest BCUT2D eigenvalue weighted by Crippen LogP contribution is 2.51. The van der Waals surface area contributed by atoms with Crippen LogP contribution in [0.5, 0.6) is 11.5 Å². The smallest absolute Gasteiger partial charge is 0.387 e. The summed E-state index contributed by atoms with van der Waals surface area (Å²) in [6.07, 6.45) is 1.74. The lowest BCUT2D eigenvalue weighted by Gasteiger charge is -2.30. The fourth-order valence-electron chi connectivity index (χ4n) is 5.96. The number of pyridine rings is 1. The van der Waals surface area contributed by atoms with Crippen molar-refractivity contribution in [3.63, 3.8) is 0 Å². The summed E-state index contributed by atoms with van der Waals surface area (Å²) in [6, 6.07) is 6.59. The van der Waals surface area contributed by atoms with Gasteiger partial charge in [-0.3, -0.25) is 9.78 Å². The van der Waals surface area contributed by atoms with Crippen LogP contribution in [0, 0.1) is 5.82 Å². The maximum Gasteiger partial charge on any atom is 0.387 e. The number of hydrogen-bond donors (Lipinski definition) is 1. The summed E-state index contributed by atoms with van der Waals surface area (Å²) in [5.74, 6) is -1.45. The number of imidazole rings is 1. The van der Waals surface area contributed by atoms with E-state index in [-0.39, 0.29) is 52.3 Å². The van der Waals surface area contributed by atoms with Crippen molar-refractivity contribution in [1.82, 2.24) is 19.4 Å². The van der Waals surface area contributed by atoms with Crippen molar-refractivity contribution in [2.45, 2.75) is 44.1 Å². The van der Waals surface area contributed by atoms with Crippen LogP contribution in [0.1, 0.15) is 63.4 Å². The number of aliphatic hydroxyl groups is 1. The third kappa shape index (κ3) is 3.38. The molecule has 3 atom stereocenters. The first-order valence-electron chi connectivity index (χ1n) is 13.8. The fourth-order valence-corrected chi connectivity index (χ4v) is 5.96. The third-order valence-electron chi connectivity index (χ3n) is 7.77. The largest absolute Gasteiger partial charge is 0.491 e. The van der Waals surface area contributed by atoms with Gasteiger partial charge in [-0.15, -0.1) is 0 Å². The molecule has 3 aliphatic rings. The fraction of sp³-hybridized carbons (Fsp3) is 0.321. The van der Waals surface area contributed by atoms with Crippen molar-refractivity contribution in [2.24, 2.45) is 0 Å². The molecule has 0 fully saturated rings. The number of benzene rings is 2. The van der Waals surface area contributed by atoms with E-state index in [1.807, 2.05) is 0 Å². The van der Waals surface area contributed by atoms with Crippen molar-refractivity contribution in [2.75, 3.05) is 13.6 Å². The maximum absolute atomic E-state index is 16.6. The Morgan fingerprint density at radius 3 is 2.90 bits per heavy atom. The van der Waals surface area contributed by atoms with Crippen molar-refractivity contribution < 1.29 is 36.7 Å². The number of fused-ring (bicyclic) bond motifs is 10. The number of amides is 1. The minimum Gasteiger partial charge on any atom is -0.491 e. The topological polar surface area (TPSA) is 89.7 Å². The Morgan fingerprint density at radius 1 is 1.26 bits per heavy atom. The van der Waals surface area contributed by atoms with Crippen LogP contribution in [-0.2, 0) is 5.60 Å². The molecule has 1 amide bonds. The van der Waals surface area contributed by atoms with Crippen LogP contribution in [0.25, 0.3) is 22.2 Å². The predicted octanol–water partition coefficient (Wildman–Crippen LogP) is 4.95. The SMILES string of the molecule is [2H]C([2H])([2H])N1C(=O)c2cccc(OC(F)F)c2[C@H]2C[C@@H]1c1nc3ccc(-c4cnc5c(c4)OCCC5(C)O)c(F)c3n12.